The molecule has 0 spiro atoms. The van der Waals surface area contributed by atoms with Gasteiger partial charge < -0.3 is 21.1 Å². The molecule has 3 rings (SSSR count). The van der Waals surface area contributed by atoms with Crippen LogP contribution in [0.1, 0.15) is 17.5 Å². The molecule has 0 atom stereocenters. The number of amides is 3. The van der Waals surface area contributed by atoms with E-state index in [1.165, 1.54) is 0 Å². The number of rotatable bonds is 3. The number of aliphatic hydroxyl groups is 1. The second kappa shape index (κ2) is 6.50. The van der Waals surface area contributed by atoms with Gasteiger partial charge in [0.25, 0.3) is 0 Å². The smallest absolute Gasteiger partial charge is 0.323 e. The van der Waals surface area contributed by atoms with Crippen molar-refractivity contribution in [3.05, 3.63) is 53.6 Å². The van der Waals surface area contributed by atoms with Crippen molar-refractivity contribution in [1.29, 1.82) is 0 Å². The average Bonchev–Trinajstić information content (AvgIpc) is 2.55. The summed E-state index contributed by atoms with van der Waals surface area (Å²) < 4.78 is 0. The third-order valence-corrected chi connectivity index (χ3v) is 3.65. The highest BCUT2D eigenvalue weighted by molar-refractivity contribution is 6.00. The highest BCUT2D eigenvalue weighted by Crippen LogP contribution is 2.25. The first kappa shape index (κ1) is 15.1. The van der Waals surface area contributed by atoms with Gasteiger partial charge in [-0.05, 0) is 47.9 Å². The van der Waals surface area contributed by atoms with Crippen LogP contribution in [0.3, 0.4) is 0 Å². The van der Waals surface area contributed by atoms with Crippen LogP contribution in [0.15, 0.2) is 42.5 Å². The Morgan fingerprint density at radius 1 is 1.04 bits per heavy atom. The molecule has 0 unspecified atom stereocenters. The van der Waals surface area contributed by atoms with Gasteiger partial charge in [-0.3, -0.25) is 4.79 Å². The lowest BCUT2D eigenvalue weighted by Gasteiger charge is -2.17. The van der Waals surface area contributed by atoms with Crippen LogP contribution in [0.4, 0.5) is 21.9 Å². The molecule has 1 heterocycles. The normalized spacial score (nSPS) is 13.0. The van der Waals surface area contributed by atoms with Crippen LogP contribution in [0.5, 0.6) is 0 Å². The first-order valence-corrected chi connectivity index (χ1v) is 7.34. The molecule has 0 aromatic heterocycles. The van der Waals surface area contributed by atoms with E-state index in [1.807, 2.05) is 6.07 Å². The van der Waals surface area contributed by atoms with Gasteiger partial charge in [0.15, 0.2) is 0 Å². The van der Waals surface area contributed by atoms with E-state index in [-0.39, 0.29) is 18.5 Å². The second-order valence-electron chi connectivity index (χ2n) is 5.35. The molecule has 4 N–H and O–H groups in total. The Bertz CT molecular complexity index is 741. The minimum Gasteiger partial charge on any atom is -0.392 e. The van der Waals surface area contributed by atoms with Crippen LogP contribution in [-0.4, -0.2) is 17.0 Å². The summed E-state index contributed by atoms with van der Waals surface area (Å²) in [6.07, 6.45) is 1.13. The first-order valence-electron chi connectivity index (χ1n) is 7.34. The van der Waals surface area contributed by atoms with Gasteiger partial charge in [-0.25, -0.2) is 4.79 Å². The Hall–Kier alpha value is -2.86. The molecule has 0 saturated carbocycles. The third kappa shape index (κ3) is 3.67. The number of hydrogen-bond acceptors (Lipinski definition) is 3. The number of anilines is 3. The van der Waals surface area contributed by atoms with Crippen molar-refractivity contribution in [3.8, 4) is 0 Å². The molecule has 23 heavy (non-hydrogen) atoms. The fourth-order valence-electron chi connectivity index (χ4n) is 2.45. The largest absolute Gasteiger partial charge is 0.392 e. The van der Waals surface area contributed by atoms with Gasteiger partial charge in [0.1, 0.15) is 0 Å². The van der Waals surface area contributed by atoms with Gasteiger partial charge >= 0.3 is 6.03 Å². The number of nitrogens with one attached hydrogen (secondary N) is 3. The van der Waals surface area contributed by atoms with Gasteiger partial charge in [0.05, 0.1) is 6.61 Å². The van der Waals surface area contributed by atoms with Gasteiger partial charge in [-0.15, -0.1) is 0 Å². The van der Waals surface area contributed by atoms with Crippen molar-refractivity contribution in [2.45, 2.75) is 19.4 Å². The van der Waals surface area contributed by atoms with E-state index in [4.69, 9.17) is 5.11 Å². The van der Waals surface area contributed by atoms with Crippen LogP contribution in [0.2, 0.25) is 0 Å². The summed E-state index contributed by atoms with van der Waals surface area (Å²) in [5, 5.41) is 17.3. The molecule has 1 aliphatic heterocycles. The Morgan fingerprint density at radius 2 is 1.74 bits per heavy atom. The predicted octanol–water partition coefficient (Wildman–Crippen LogP) is 2.71. The molecule has 0 fully saturated rings. The molecule has 0 bridgehead atoms. The van der Waals surface area contributed by atoms with Crippen molar-refractivity contribution >= 4 is 29.0 Å². The van der Waals surface area contributed by atoms with E-state index < -0.39 is 0 Å². The fraction of sp³-hybridized carbons (Fsp3) is 0.176. The molecule has 6 heteroatoms. The Kier molecular flexibility index (Phi) is 4.25. The fourth-order valence-corrected chi connectivity index (χ4v) is 2.45. The number of carbonyl (C=O) groups excluding carboxylic acids is 2. The van der Waals surface area contributed by atoms with Crippen LogP contribution < -0.4 is 16.0 Å². The monoisotopic (exact) mass is 311 g/mol. The number of urea groups is 1. The molecule has 118 valence electrons. The van der Waals surface area contributed by atoms with Crippen LogP contribution in [-0.2, 0) is 17.8 Å². The molecule has 2 aromatic rings. The van der Waals surface area contributed by atoms with Crippen LogP contribution >= 0.6 is 0 Å². The molecule has 1 aliphatic rings. The third-order valence-electron chi connectivity index (χ3n) is 3.65. The quantitative estimate of drug-likeness (QED) is 0.702. The maximum Gasteiger partial charge on any atom is 0.323 e. The van der Waals surface area contributed by atoms with Crippen molar-refractivity contribution in [1.82, 2.24) is 0 Å². The van der Waals surface area contributed by atoms with E-state index >= 15 is 0 Å². The van der Waals surface area contributed by atoms with Crippen molar-refractivity contribution in [2.24, 2.45) is 0 Å². The van der Waals surface area contributed by atoms with Gasteiger partial charge in [-0.2, -0.15) is 0 Å². The Morgan fingerprint density at radius 3 is 2.48 bits per heavy atom. The maximum absolute atomic E-state index is 12.0. The lowest BCUT2D eigenvalue weighted by Crippen LogP contribution is -2.21. The molecule has 2 aromatic carbocycles. The number of hydrogen-bond donors (Lipinski definition) is 4. The summed E-state index contributed by atoms with van der Waals surface area (Å²) in [5.74, 6) is 0.0160. The zero-order chi connectivity index (χ0) is 16.2. The molecule has 6 nitrogen and oxygen atoms in total. The highest BCUT2D eigenvalue weighted by atomic mass is 16.3. The molecule has 0 aliphatic carbocycles. The summed E-state index contributed by atoms with van der Waals surface area (Å²) in [5.41, 5.74) is 3.91. The summed E-state index contributed by atoms with van der Waals surface area (Å²) in [4.78, 5) is 23.3. The van der Waals surface area contributed by atoms with Gasteiger partial charge in [0.2, 0.25) is 5.91 Å². The first-order chi connectivity index (χ1) is 11.1. The van der Waals surface area contributed by atoms with E-state index in [2.05, 4.69) is 16.0 Å². The number of benzene rings is 2. The summed E-state index contributed by atoms with van der Waals surface area (Å²) in [6.45, 7) is -0.0296. The minimum atomic E-state index is -0.346. The lowest BCUT2D eigenvalue weighted by molar-refractivity contribution is -0.116. The van der Waals surface area contributed by atoms with Crippen molar-refractivity contribution < 1.29 is 14.7 Å². The van der Waals surface area contributed by atoms with Gasteiger partial charge in [-0.1, -0.05) is 12.1 Å². The van der Waals surface area contributed by atoms with Crippen LogP contribution in [0.25, 0.3) is 0 Å². The number of fused-ring (bicyclic) bond motifs is 1. The second-order valence-corrected chi connectivity index (χ2v) is 5.35. The number of aryl methyl sites for hydroxylation is 1. The number of aliphatic hydroxyl groups excluding tert-OH is 1. The summed E-state index contributed by atoms with van der Waals surface area (Å²) >= 11 is 0. The molecular formula is C17H17N3O3. The average molecular weight is 311 g/mol. The van der Waals surface area contributed by atoms with E-state index in [9.17, 15) is 9.59 Å². The number of carbonyl (C=O) groups is 2. The minimum absolute atomic E-state index is 0.0160. The topological polar surface area (TPSA) is 90.5 Å². The van der Waals surface area contributed by atoms with Crippen molar-refractivity contribution in [2.75, 3.05) is 16.0 Å². The highest BCUT2D eigenvalue weighted by Gasteiger charge is 2.15. The van der Waals surface area contributed by atoms with E-state index in [0.29, 0.717) is 24.2 Å². The zero-order valence-electron chi connectivity index (χ0n) is 12.4. The SMILES string of the molecule is O=C1CCc2cc(NC(=O)Nc3ccc(CO)cc3)ccc2N1. The van der Waals surface area contributed by atoms with E-state index in [1.54, 1.807) is 36.4 Å². The molecule has 3 amide bonds. The molecule has 0 radical (unpaired) electrons. The van der Waals surface area contributed by atoms with E-state index in [0.717, 1.165) is 16.8 Å². The van der Waals surface area contributed by atoms with Crippen molar-refractivity contribution in [3.63, 3.8) is 0 Å². The van der Waals surface area contributed by atoms with Gasteiger partial charge in [0, 0.05) is 23.5 Å². The Balaban J connectivity index is 1.64. The van der Waals surface area contributed by atoms with Crippen LogP contribution in [0, 0.1) is 0 Å². The predicted molar refractivity (Wildman–Crippen MR) is 88.4 cm³/mol. The molecular weight excluding hydrogens is 294 g/mol. The molecule has 0 saturated heterocycles. The summed E-state index contributed by atoms with van der Waals surface area (Å²) in [7, 11) is 0. The summed E-state index contributed by atoms with van der Waals surface area (Å²) in [6, 6.07) is 12.0. The Labute approximate surface area is 133 Å². The maximum atomic E-state index is 12.0. The zero-order valence-corrected chi connectivity index (χ0v) is 12.4. The standard InChI is InChI=1S/C17H17N3O3/c21-10-11-1-4-13(5-2-11)18-17(23)19-14-6-7-15-12(9-14)3-8-16(22)20-15/h1-2,4-7,9,21H,3,8,10H2,(H,20,22)(H2,18,19,23). The lowest BCUT2D eigenvalue weighted by atomic mass is 10.0.